The maximum absolute atomic E-state index is 4.21. The number of nitrogens with zero attached hydrogens (tertiary/aromatic N) is 3. The summed E-state index contributed by atoms with van der Waals surface area (Å²) in [6, 6.07) is 12.5. The molecule has 20 heavy (non-hydrogen) atoms. The Bertz CT molecular complexity index is 730. The third-order valence-electron chi connectivity index (χ3n) is 3.48. The fourth-order valence-corrected chi connectivity index (χ4v) is 2.36. The van der Waals surface area contributed by atoms with Gasteiger partial charge in [-0.15, -0.1) is 10.2 Å². The Balaban J connectivity index is 1.68. The number of benzene rings is 1. The second kappa shape index (κ2) is 5.43. The molecule has 0 saturated heterocycles. The average Bonchev–Trinajstić information content (AvgIpc) is 2.85. The van der Waals surface area contributed by atoms with Crippen molar-refractivity contribution in [2.24, 2.45) is 0 Å². The van der Waals surface area contributed by atoms with Crippen LogP contribution in [-0.2, 0) is 13.1 Å². The predicted octanol–water partition coefficient (Wildman–Crippen LogP) is 2.64. The van der Waals surface area contributed by atoms with Gasteiger partial charge in [0.1, 0.15) is 0 Å². The number of fused-ring (bicyclic) bond motifs is 1. The molecule has 0 spiro atoms. The first kappa shape index (κ1) is 12.8. The summed E-state index contributed by atoms with van der Waals surface area (Å²) in [5, 5.41) is 11.8. The first-order valence-electron chi connectivity index (χ1n) is 6.79. The van der Waals surface area contributed by atoms with Gasteiger partial charge in [0, 0.05) is 12.7 Å². The number of hydrogen-bond donors (Lipinski definition) is 1. The summed E-state index contributed by atoms with van der Waals surface area (Å²) >= 11 is 0. The Morgan fingerprint density at radius 2 is 1.95 bits per heavy atom. The van der Waals surface area contributed by atoms with Gasteiger partial charge in [0.2, 0.25) is 0 Å². The van der Waals surface area contributed by atoms with Gasteiger partial charge in [0.05, 0.1) is 6.54 Å². The number of rotatable bonds is 4. The van der Waals surface area contributed by atoms with E-state index >= 15 is 0 Å². The molecule has 0 fully saturated rings. The van der Waals surface area contributed by atoms with Crippen molar-refractivity contribution in [2.45, 2.75) is 26.9 Å². The Morgan fingerprint density at radius 1 is 1.05 bits per heavy atom. The van der Waals surface area contributed by atoms with Gasteiger partial charge < -0.3 is 5.32 Å². The summed E-state index contributed by atoms with van der Waals surface area (Å²) in [7, 11) is 0. The summed E-state index contributed by atoms with van der Waals surface area (Å²) in [6.07, 6.45) is 1.99. The topological polar surface area (TPSA) is 42.2 Å². The molecule has 0 atom stereocenters. The zero-order chi connectivity index (χ0) is 13.9. The van der Waals surface area contributed by atoms with Crippen LogP contribution in [0.1, 0.15) is 22.5 Å². The van der Waals surface area contributed by atoms with E-state index in [1.54, 1.807) is 0 Å². The van der Waals surface area contributed by atoms with Crippen molar-refractivity contribution in [3.63, 3.8) is 0 Å². The summed E-state index contributed by atoms with van der Waals surface area (Å²) in [5.74, 6) is 0.936. The van der Waals surface area contributed by atoms with Crippen LogP contribution in [-0.4, -0.2) is 14.6 Å². The van der Waals surface area contributed by atoms with E-state index in [9.17, 15) is 0 Å². The highest BCUT2D eigenvalue weighted by molar-refractivity contribution is 5.37. The van der Waals surface area contributed by atoms with Gasteiger partial charge in [0.15, 0.2) is 11.5 Å². The third kappa shape index (κ3) is 2.56. The molecular formula is C16H18N4. The van der Waals surface area contributed by atoms with Crippen LogP contribution in [0.4, 0.5) is 0 Å². The van der Waals surface area contributed by atoms with Gasteiger partial charge in [-0.25, -0.2) is 0 Å². The fourth-order valence-electron chi connectivity index (χ4n) is 2.36. The quantitative estimate of drug-likeness (QED) is 0.789. The molecule has 4 heteroatoms. The second-order valence-electron chi connectivity index (χ2n) is 5.08. The van der Waals surface area contributed by atoms with Crippen molar-refractivity contribution in [1.82, 2.24) is 19.9 Å². The minimum Gasteiger partial charge on any atom is -0.306 e. The Hall–Kier alpha value is -2.20. The monoisotopic (exact) mass is 266 g/mol. The van der Waals surface area contributed by atoms with Gasteiger partial charge in [-0.1, -0.05) is 29.8 Å². The standard InChI is InChI=1S/C16H18N4/c1-12-6-7-14(13(2)9-12)10-17-11-16-19-18-15-5-3-4-8-20(15)16/h3-9,17H,10-11H2,1-2H3. The number of aryl methyl sites for hydroxylation is 2. The molecule has 0 bridgehead atoms. The van der Waals surface area contributed by atoms with E-state index in [0.29, 0.717) is 6.54 Å². The van der Waals surface area contributed by atoms with Gasteiger partial charge in [0.25, 0.3) is 0 Å². The van der Waals surface area contributed by atoms with Crippen molar-refractivity contribution < 1.29 is 0 Å². The molecule has 0 aliphatic rings. The fraction of sp³-hybridized carbons (Fsp3) is 0.250. The lowest BCUT2D eigenvalue weighted by atomic mass is 10.1. The van der Waals surface area contributed by atoms with E-state index in [1.165, 1.54) is 16.7 Å². The molecule has 0 saturated carbocycles. The molecule has 1 N–H and O–H groups in total. The molecule has 0 unspecified atom stereocenters. The van der Waals surface area contributed by atoms with E-state index in [4.69, 9.17) is 0 Å². The van der Waals surface area contributed by atoms with Crippen LogP contribution < -0.4 is 5.32 Å². The van der Waals surface area contributed by atoms with Gasteiger partial charge in [-0.05, 0) is 37.1 Å². The van der Waals surface area contributed by atoms with Crippen LogP contribution in [0.15, 0.2) is 42.6 Å². The number of nitrogens with one attached hydrogen (secondary N) is 1. The lowest BCUT2D eigenvalue weighted by Gasteiger charge is -2.08. The Labute approximate surface area is 118 Å². The van der Waals surface area contributed by atoms with Crippen molar-refractivity contribution in [1.29, 1.82) is 0 Å². The predicted molar refractivity (Wildman–Crippen MR) is 79.4 cm³/mol. The van der Waals surface area contributed by atoms with Crippen LogP contribution in [0.5, 0.6) is 0 Å². The summed E-state index contributed by atoms with van der Waals surface area (Å²) < 4.78 is 2.01. The minimum atomic E-state index is 0.707. The third-order valence-corrected chi connectivity index (χ3v) is 3.48. The van der Waals surface area contributed by atoms with Gasteiger partial charge in [-0.2, -0.15) is 0 Å². The highest BCUT2D eigenvalue weighted by Crippen LogP contribution is 2.10. The summed E-state index contributed by atoms with van der Waals surface area (Å²) in [5.41, 5.74) is 4.83. The summed E-state index contributed by atoms with van der Waals surface area (Å²) in [4.78, 5) is 0. The molecule has 2 aromatic heterocycles. The molecule has 0 amide bonds. The lowest BCUT2D eigenvalue weighted by molar-refractivity contribution is 0.654. The van der Waals surface area contributed by atoms with Crippen molar-refractivity contribution in [3.05, 3.63) is 65.1 Å². The van der Waals surface area contributed by atoms with Crippen molar-refractivity contribution in [2.75, 3.05) is 0 Å². The second-order valence-corrected chi connectivity index (χ2v) is 5.08. The summed E-state index contributed by atoms with van der Waals surface area (Å²) in [6.45, 7) is 5.81. The van der Waals surface area contributed by atoms with Crippen molar-refractivity contribution in [3.8, 4) is 0 Å². The highest BCUT2D eigenvalue weighted by Gasteiger charge is 2.04. The largest absolute Gasteiger partial charge is 0.306 e. The number of aromatic nitrogens is 3. The molecule has 0 aliphatic heterocycles. The van der Waals surface area contributed by atoms with Crippen LogP contribution in [0, 0.1) is 13.8 Å². The zero-order valence-corrected chi connectivity index (χ0v) is 11.8. The highest BCUT2D eigenvalue weighted by atomic mass is 15.3. The molecule has 3 aromatic rings. The maximum Gasteiger partial charge on any atom is 0.160 e. The molecule has 0 aliphatic carbocycles. The van der Waals surface area contributed by atoms with E-state index < -0.39 is 0 Å². The maximum atomic E-state index is 4.21. The van der Waals surface area contributed by atoms with Crippen molar-refractivity contribution >= 4 is 5.65 Å². The number of pyridine rings is 1. The first-order valence-corrected chi connectivity index (χ1v) is 6.79. The van der Waals surface area contributed by atoms with E-state index in [1.807, 2.05) is 28.8 Å². The zero-order valence-electron chi connectivity index (χ0n) is 11.8. The molecular weight excluding hydrogens is 248 g/mol. The molecule has 2 heterocycles. The van der Waals surface area contributed by atoms with Gasteiger partial charge >= 0.3 is 0 Å². The van der Waals surface area contributed by atoms with E-state index in [2.05, 4.69) is 47.6 Å². The molecule has 1 aromatic carbocycles. The SMILES string of the molecule is Cc1ccc(CNCc2nnc3ccccn23)c(C)c1. The Morgan fingerprint density at radius 3 is 2.80 bits per heavy atom. The molecule has 3 rings (SSSR count). The van der Waals surface area contributed by atoms with Crippen LogP contribution >= 0.6 is 0 Å². The van der Waals surface area contributed by atoms with E-state index in [0.717, 1.165) is 18.0 Å². The first-order chi connectivity index (χ1) is 9.74. The van der Waals surface area contributed by atoms with E-state index in [-0.39, 0.29) is 0 Å². The molecule has 4 nitrogen and oxygen atoms in total. The minimum absolute atomic E-state index is 0.707. The normalized spacial score (nSPS) is 11.1. The van der Waals surface area contributed by atoms with Crippen LogP contribution in [0.2, 0.25) is 0 Å². The average molecular weight is 266 g/mol. The molecule has 102 valence electrons. The Kier molecular flexibility index (Phi) is 3.48. The van der Waals surface area contributed by atoms with Crippen LogP contribution in [0.25, 0.3) is 5.65 Å². The van der Waals surface area contributed by atoms with Crippen LogP contribution in [0.3, 0.4) is 0 Å². The lowest BCUT2D eigenvalue weighted by Crippen LogP contribution is -2.15. The number of hydrogen-bond acceptors (Lipinski definition) is 3. The smallest absolute Gasteiger partial charge is 0.160 e. The molecule has 0 radical (unpaired) electrons. The van der Waals surface area contributed by atoms with Gasteiger partial charge in [-0.3, -0.25) is 4.40 Å².